The minimum atomic E-state index is 0.0807. The van der Waals surface area contributed by atoms with Crippen LogP contribution in [0.2, 0.25) is 0 Å². The summed E-state index contributed by atoms with van der Waals surface area (Å²) < 4.78 is 0. The molecule has 1 aliphatic heterocycles. The predicted molar refractivity (Wildman–Crippen MR) is 46.5 cm³/mol. The van der Waals surface area contributed by atoms with Gasteiger partial charge >= 0.3 is 0 Å². The zero-order valence-corrected chi connectivity index (χ0v) is 7.53. The lowest BCUT2D eigenvalue weighted by atomic mass is 10.2. The summed E-state index contributed by atoms with van der Waals surface area (Å²) in [6.45, 7) is 4.00. The number of hydrogen-bond donors (Lipinski definition) is 1. The highest BCUT2D eigenvalue weighted by Gasteiger charge is 2.24. The van der Waals surface area contributed by atoms with Gasteiger partial charge < -0.3 is 5.11 Å². The molecular formula is C9H16N2O. The van der Waals surface area contributed by atoms with Crippen LogP contribution in [0.4, 0.5) is 0 Å². The van der Waals surface area contributed by atoms with E-state index in [2.05, 4.69) is 11.0 Å². The molecule has 1 N–H and O–H groups in total. The predicted octanol–water partition coefficient (Wildman–Crippen LogP) is 0.603. The largest absolute Gasteiger partial charge is 0.395 e. The van der Waals surface area contributed by atoms with Gasteiger partial charge in [0.15, 0.2) is 0 Å². The standard InChI is InChI=1S/C9H16N2O/c1-8(5-10)6-11-4-2-3-9(11)7-12/h8-9,12H,2-4,6-7H2,1H3/t8?,9-/m1/s1. The van der Waals surface area contributed by atoms with Gasteiger partial charge in [0.25, 0.3) is 0 Å². The molecule has 1 fully saturated rings. The first-order chi connectivity index (χ1) is 5.77. The van der Waals surface area contributed by atoms with E-state index in [9.17, 15) is 0 Å². The summed E-state index contributed by atoms with van der Waals surface area (Å²) in [4.78, 5) is 2.22. The van der Waals surface area contributed by atoms with Crippen molar-refractivity contribution in [2.75, 3.05) is 19.7 Å². The number of nitriles is 1. The molecule has 3 nitrogen and oxygen atoms in total. The molecule has 0 radical (unpaired) electrons. The summed E-state index contributed by atoms with van der Waals surface area (Å²) >= 11 is 0. The SMILES string of the molecule is CC(C#N)CN1CCC[C@@H]1CO. The van der Waals surface area contributed by atoms with Crippen molar-refractivity contribution in [3.8, 4) is 6.07 Å². The van der Waals surface area contributed by atoms with Crippen LogP contribution in [0.3, 0.4) is 0 Å². The van der Waals surface area contributed by atoms with E-state index in [-0.39, 0.29) is 12.5 Å². The first-order valence-electron chi connectivity index (χ1n) is 4.52. The summed E-state index contributed by atoms with van der Waals surface area (Å²) in [6.07, 6.45) is 2.23. The van der Waals surface area contributed by atoms with Crippen molar-refractivity contribution in [2.45, 2.75) is 25.8 Å². The van der Waals surface area contributed by atoms with Gasteiger partial charge in [-0.3, -0.25) is 4.90 Å². The molecule has 0 bridgehead atoms. The summed E-state index contributed by atoms with van der Waals surface area (Å²) in [7, 11) is 0. The zero-order chi connectivity index (χ0) is 8.97. The minimum Gasteiger partial charge on any atom is -0.395 e. The lowest BCUT2D eigenvalue weighted by molar-refractivity contribution is 0.152. The van der Waals surface area contributed by atoms with E-state index in [1.165, 1.54) is 0 Å². The molecule has 0 aromatic carbocycles. The van der Waals surface area contributed by atoms with Crippen LogP contribution in [-0.2, 0) is 0 Å². The van der Waals surface area contributed by atoms with Crippen molar-refractivity contribution in [1.82, 2.24) is 4.90 Å². The summed E-state index contributed by atoms with van der Waals surface area (Å²) in [5, 5.41) is 17.6. The van der Waals surface area contributed by atoms with Crippen molar-refractivity contribution < 1.29 is 5.11 Å². The molecule has 3 heteroatoms. The fourth-order valence-electron chi connectivity index (χ4n) is 1.73. The van der Waals surface area contributed by atoms with E-state index < -0.39 is 0 Å². The Balaban J connectivity index is 2.36. The van der Waals surface area contributed by atoms with Crippen molar-refractivity contribution in [3.63, 3.8) is 0 Å². The van der Waals surface area contributed by atoms with Gasteiger partial charge in [-0.2, -0.15) is 5.26 Å². The zero-order valence-electron chi connectivity index (χ0n) is 7.53. The second-order valence-corrected chi connectivity index (χ2v) is 3.50. The third-order valence-corrected chi connectivity index (χ3v) is 2.44. The molecule has 1 rings (SSSR count). The van der Waals surface area contributed by atoms with Gasteiger partial charge in [-0.1, -0.05) is 0 Å². The third-order valence-electron chi connectivity index (χ3n) is 2.44. The number of aliphatic hydroxyl groups excluding tert-OH is 1. The van der Waals surface area contributed by atoms with Gasteiger partial charge in [0.05, 0.1) is 18.6 Å². The minimum absolute atomic E-state index is 0.0807. The fourth-order valence-corrected chi connectivity index (χ4v) is 1.73. The second kappa shape index (κ2) is 4.44. The van der Waals surface area contributed by atoms with Gasteiger partial charge in [0.1, 0.15) is 0 Å². The van der Waals surface area contributed by atoms with E-state index in [1.54, 1.807) is 0 Å². The van der Waals surface area contributed by atoms with Crippen molar-refractivity contribution >= 4 is 0 Å². The molecule has 1 heterocycles. The fraction of sp³-hybridized carbons (Fsp3) is 0.889. The van der Waals surface area contributed by atoms with E-state index in [4.69, 9.17) is 10.4 Å². The molecule has 1 aliphatic rings. The van der Waals surface area contributed by atoms with Crippen LogP contribution in [0.15, 0.2) is 0 Å². The van der Waals surface area contributed by atoms with Crippen LogP contribution >= 0.6 is 0 Å². The van der Waals surface area contributed by atoms with Crippen LogP contribution in [0.25, 0.3) is 0 Å². The second-order valence-electron chi connectivity index (χ2n) is 3.50. The normalized spacial score (nSPS) is 26.9. The molecular weight excluding hydrogens is 152 g/mol. The molecule has 1 unspecified atom stereocenters. The van der Waals surface area contributed by atoms with Crippen LogP contribution in [0.5, 0.6) is 0 Å². The Morgan fingerprint density at radius 3 is 3.08 bits per heavy atom. The summed E-state index contributed by atoms with van der Waals surface area (Å²) in [6, 6.07) is 2.52. The molecule has 0 saturated carbocycles. The maximum atomic E-state index is 9.00. The van der Waals surface area contributed by atoms with Crippen LogP contribution in [0, 0.1) is 17.2 Å². The third kappa shape index (κ3) is 2.20. The van der Waals surface area contributed by atoms with Gasteiger partial charge in [-0.25, -0.2) is 0 Å². The Labute approximate surface area is 73.6 Å². The summed E-state index contributed by atoms with van der Waals surface area (Å²) in [5.74, 6) is 0.0807. The smallest absolute Gasteiger partial charge is 0.0666 e. The maximum Gasteiger partial charge on any atom is 0.0666 e. The Morgan fingerprint density at radius 2 is 2.50 bits per heavy atom. The molecule has 68 valence electrons. The Kier molecular flexibility index (Phi) is 3.51. The number of likely N-dealkylation sites (tertiary alicyclic amines) is 1. The van der Waals surface area contributed by atoms with Crippen molar-refractivity contribution in [2.24, 2.45) is 5.92 Å². The quantitative estimate of drug-likeness (QED) is 0.671. The average molecular weight is 168 g/mol. The first-order valence-corrected chi connectivity index (χ1v) is 4.52. The number of hydrogen-bond acceptors (Lipinski definition) is 3. The lowest BCUT2D eigenvalue weighted by Crippen LogP contribution is -2.35. The molecule has 0 amide bonds. The maximum absolute atomic E-state index is 9.00. The van der Waals surface area contributed by atoms with Crippen molar-refractivity contribution in [3.05, 3.63) is 0 Å². The van der Waals surface area contributed by atoms with Gasteiger partial charge in [0.2, 0.25) is 0 Å². The van der Waals surface area contributed by atoms with Gasteiger partial charge in [-0.05, 0) is 26.3 Å². The molecule has 0 aromatic rings. The van der Waals surface area contributed by atoms with Crippen LogP contribution in [-0.4, -0.2) is 35.7 Å². The molecule has 12 heavy (non-hydrogen) atoms. The van der Waals surface area contributed by atoms with Crippen molar-refractivity contribution in [1.29, 1.82) is 5.26 Å². The van der Waals surface area contributed by atoms with Crippen LogP contribution < -0.4 is 0 Å². The number of nitrogens with zero attached hydrogens (tertiary/aromatic N) is 2. The van der Waals surface area contributed by atoms with E-state index in [1.807, 2.05) is 6.92 Å². The molecule has 0 spiro atoms. The molecule has 1 saturated heterocycles. The average Bonchev–Trinajstić information content (AvgIpc) is 2.51. The molecule has 0 aromatic heterocycles. The topological polar surface area (TPSA) is 47.3 Å². The lowest BCUT2D eigenvalue weighted by Gasteiger charge is -2.23. The Hall–Kier alpha value is -0.590. The van der Waals surface area contributed by atoms with E-state index >= 15 is 0 Å². The monoisotopic (exact) mass is 168 g/mol. The highest BCUT2D eigenvalue weighted by Crippen LogP contribution is 2.17. The highest BCUT2D eigenvalue weighted by atomic mass is 16.3. The Bertz CT molecular complexity index is 176. The first kappa shape index (κ1) is 9.50. The van der Waals surface area contributed by atoms with E-state index in [0.29, 0.717) is 6.04 Å². The van der Waals surface area contributed by atoms with Gasteiger partial charge in [0, 0.05) is 12.6 Å². The highest BCUT2D eigenvalue weighted by molar-refractivity contribution is 4.86. The Morgan fingerprint density at radius 1 is 1.75 bits per heavy atom. The molecule has 0 aliphatic carbocycles. The number of aliphatic hydroxyl groups is 1. The number of rotatable bonds is 3. The van der Waals surface area contributed by atoms with Crippen LogP contribution in [0.1, 0.15) is 19.8 Å². The summed E-state index contributed by atoms with van der Waals surface area (Å²) in [5.41, 5.74) is 0. The van der Waals surface area contributed by atoms with Gasteiger partial charge in [-0.15, -0.1) is 0 Å². The van der Waals surface area contributed by atoms with E-state index in [0.717, 1.165) is 25.9 Å². The molecule has 2 atom stereocenters.